The fourth-order valence-electron chi connectivity index (χ4n) is 4.49. The fourth-order valence-corrected chi connectivity index (χ4v) is 4.49. The van der Waals surface area contributed by atoms with Crippen LogP contribution in [0, 0.1) is 5.92 Å². The van der Waals surface area contributed by atoms with Crippen molar-refractivity contribution in [2.24, 2.45) is 11.7 Å². The molecule has 0 bridgehead atoms. The van der Waals surface area contributed by atoms with E-state index in [2.05, 4.69) is 0 Å². The Morgan fingerprint density at radius 2 is 1.53 bits per heavy atom. The van der Waals surface area contributed by atoms with Gasteiger partial charge in [0.1, 0.15) is 5.60 Å². The maximum Gasteiger partial charge on any atom is 0.254 e. The zero-order valence-electron chi connectivity index (χ0n) is 18.2. The number of anilines is 1. The average Bonchev–Trinajstić information content (AvgIpc) is 3.75. The van der Waals surface area contributed by atoms with Gasteiger partial charge in [-0.3, -0.25) is 9.59 Å². The van der Waals surface area contributed by atoms with Gasteiger partial charge in [-0.05, 0) is 66.5 Å². The summed E-state index contributed by atoms with van der Waals surface area (Å²) in [5, 5.41) is 10.0. The van der Waals surface area contributed by atoms with Crippen LogP contribution in [0.2, 0.25) is 0 Å². The molecule has 2 aliphatic carbocycles. The molecular formula is C25H30N4O3. The predicted octanol–water partition coefficient (Wildman–Crippen LogP) is 2.15. The summed E-state index contributed by atoms with van der Waals surface area (Å²) in [7, 11) is 0. The van der Waals surface area contributed by atoms with Crippen molar-refractivity contribution in [2.45, 2.75) is 37.3 Å². The van der Waals surface area contributed by atoms with Gasteiger partial charge in [-0.1, -0.05) is 24.3 Å². The molecule has 0 aromatic heterocycles. The van der Waals surface area contributed by atoms with Gasteiger partial charge in [0, 0.05) is 43.5 Å². The highest BCUT2D eigenvalue weighted by atomic mass is 16.3. The van der Waals surface area contributed by atoms with Crippen LogP contribution in [0.5, 0.6) is 0 Å². The van der Waals surface area contributed by atoms with Crippen molar-refractivity contribution in [3.05, 3.63) is 53.6 Å². The molecule has 2 saturated carbocycles. The van der Waals surface area contributed by atoms with E-state index in [-0.39, 0.29) is 17.9 Å². The second-order valence-corrected chi connectivity index (χ2v) is 9.40. The summed E-state index contributed by atoms with van der Waals surface area (Å²) >= 11 is 0. The number of nitrogens with zero attached hydrogens (tertiary/aromatic N) is 2. The number of nitrogen functional groups attached to an aromatic ring is 1. The highest BCUT2D eigenvalue weighted by Gasteiger charge is 2.50. The van der Waals surface area contributed by atoms with Gasteiger partial charge in [0.2, 0.25) is 0 Å². The van der Waals surface area contributed by atoms with Crippen LogP contribution in [0.25, 0.3) is 11.1 Å². The molecule has 32 heavy (non-hydrogen) atoms. The molecule has 3 aliphatic rings. The molecule has 1 heterocycles. The van der Waals surface area contributed by atoms with E-state index in [1.165, 1.54) is 12.8 Å². The maximum atomic E-state index is 12.9. The van der Waals surface area contributed by atoms with Crippen molar-refractivity contribution < 1.29 is 14.7 Å². The van der Waals surface area contributed by atoms with Crippen LogP contribution in [-0.4, -0.2) is 58.5 Å². The molecule has 168 valence electrons. The van der Waals surface area contributed by atoms with Gasteiger partial charge in [0.05, 0.1) is 0 Å². The lowest BCUT2D eigenvalue weighted by molar-refractivity contribution is -0.143. The second-order valence-electron chi connectivity index (χ2n) is 9.40. The minimum atomic E-state index is -1.15. The summed E-state index contributed by atoms with van der Waals surface area (Å²) in [5.74, 6) is 0.309. The molecule has 7 heteroatoms. The van der Waals surface area contributed by atoms with Gasteiger partial charge in [-0.25, -0.2) is 0 Å². The molecule has 1 aliphatic heterocycles. The van der Waals surface area contributed by atoms with Crippen LogP contribution in [-0.2, 0) is 4.79 Å². The number of amides is 2. The van der Waals surface area contributed by atoms with Crippen molar-refractivity contribution in [1.29, 1.82) is 0 Å². The zero-order valence-corrected chi connectivity index (χ0v) is 18.2. The van der Waals surface area contributed by atoms with E-state index in [9.17, 15) is 14.7 Å². The van der Waals surface area contributed by atoms with E-state index in [1.54, 1.807) is 9.80 Å². The Morgan fingerprint density at radius 3 is 2.09 bits per heavy atom. The Balaban J connectivity index is 1.22. The van der Waals surface area contributed by atoms with E-state index >= 15 is 0 Å². The molecule has 7 nitrogen and oxygen atoms in total. The molecule has 0 spiro atoms. The third kappa shape index (κ3) is 3.98. The average molecular weight is 435 g/mol. The van der Waals surface area contributed by atoms with Gasteiger partial charge in [0.25, 0.3) is 11.8 Å². The van der Waals surface area contributed by atoms with Crippen LogP contribution in [0.1, 0.15) is 47.6 Å². The molecule has 1 unspecified atom stereocenters. The van der Waals surface area contributed by atoms with Gasteiger partial charge >= 0.3 is 0 Å². The van der Waals surface area contributed by atoms with Crippen LogP contribution in [0.3, 0.4) is 0 Å². The summed E-state index contributed by atoms with van der Waals surface area (Å²) in [6.07, 6.45) is 3.43. The van der Waals surface area contributed by atoms with Crippen LogP contribution in [0.4, 0.5) is 5.69 Å². The summed E-state index contributed by atoms with van der Waals surface area (Å²) in [6, 6.07) is 13.6. The SMILES string of the molecule is Nc1cc(-c2ccc(C(=O)N3CCN(C(=O)C4(O)CC4)CC3)cc2)ccc1C(N)C1CC1. The molecule has 0 radical (unpaired) electrons. The highest BCUT2D eigenvalue weighted by molar-refractivity contribution is 5.95. The number of carbonyl (C=O) groups excluding carboxylic acids is 2. The lowest BCUT2D eigenvalue weighted by Gasteiger charge is -2.35. The summed E-state index contributed by atoms with van der Waals surface area (Å²) in [6.45, 7) is 1.86. The number of hydrogen-bond acceptors (Lipinski definition) is 5. The topological polar surface area (TPSA) is 113 Å². The van der Waals surface area contributed by atoms with E-state index in [1.807, 2.05) is 42.5 Å². The first-order chi connectivity index (χ1) is 15.4. The standard InChI is InChI=1S/C25H30N4O3/c26-21-15-19(7-8-20(21)22(27)17-3-4-17)16-1-5-18(6-2-16)23(30)28-11-13-29(14-12-28)24(31)25(32)9-10-25/h1-2,5-8,15,17,22,32H,3-4,9-14,26-27H2. The Kier molecular flexibility index (Phi) is 5.18. The Morgan fingerprint density at radius 1 is 0.938 bits per heavy atom. The maximum absolute atomic E-state index is 12.9. The first-order valence-electron chi connectivity index (χ1n) is 11.4. The third-order valence-corrected chi connectivity index (χ3v) is 7.02. The van der Waals surface area contributed by atoms with E-state index in [4.69, 9.17) is 11.5 Å². The first kappa shape index (κ1) is 21.0. The highest BCUT2D eigenvalue weighted by Crippen LogP contribution is 2.41. The number of benzene rings is 2. The number of piperazine rings is 1. The third-order valence-electron chi connectivity index (χ3n) is 7.02. The number of nitrogens with two attached hydrogens (primary N) is 2. The van der Waals surface area contributed by atoms with E-state index in [0.29, 0.717) is 56.2 Å². The van der Waals surface area contributed by atoms with Gasteiger partial charge in [-0.2, -0.15) is 0 Å². The van der Waals surface area contributed by atoms with E-state index in [0.717, 1.165) is 16.7 Å². The largest absolute Gasteiger partial charge is 0.398 e. The molecule has 5 N–H and O–H groups in total. The quantitative estimate of drug-likeness (QED) is 0.624. The van der Waals surface area contributed by atoms with Crippen molar-refractivity contribution in [2.75, 3.05) is 31.9 Å². The Labute approximate surface area is 188 Å². The second kappa shape index (κ2) is 7.90. The Bertz CT molecular complexity index is 1040. The Hall–Kier alpha value is -2.90. The molecule has 2 aromatic carbocycles. The lowest BCUT2D eigenvalue weighted by Crippen LogP contribution is -2.53. The molecular weight excluding hydrogens is 404 g/mol. The number of hydrogen-bond donors (Lipinski definition) is 3. The molecule has 2 amide bonds. The van der Waals surface area contributed by atoms with Crippen LogP contribution in [0.15, 0.2) is 42.5 Å². The van der Waals surface area contributed by atoms with Gasteiger partial charge in [-0.15, -0.1) is 0 Å². The normalized spacial score (nSPS) is 20.7. The lowest BCUT2D eigenvalue weighted by atomic mass is 9.96. The molecule has 5 rings (SSSR count). The summed E-state index contributed by atoms with van der Waals surface area (Å²) in [4.78, 5) is 28.6. The zero-order chi connectivity index (χ0) is 22.5. The molecule has 1 atom stereocenters. The number of aliphatic hydroxyl groups is 1. The monoisotopic (exact) mass is 434 g/mol. The molecule has 2 aromatic rings. The molecule has 1 saturated heterocycles. The van der Waals surface area contributed by atoms with E-state index < -0.39 is 5.60 Å². The van der Waals surface area contributed by atoms with Crippen molar-refractivity contribution in [3.8, 4) is 11.1 Å². The summed E-state index contributed by atoms with van der Waals surface area (Å²) < 4.78 is 0. The minimum absolute atomic E-state index is 0.00648. The van der Waals surface area contributed by atoms with Crippen molar-refractivity contribution in [1.82, 2.24) is 9.80 Å². The number of rotatable bonds is 5. The molecule has 3 fully saturated rings. The smallest absolute Gasteiger partial charge is 0.254 e. The minimum Gasteiger partial charge on any atom is -0.398 e. The van der Waals surface area contributed by atoms with Gasteiger partial charge < -0.3 is 26.4 Å². The number of carbonyl (C=O) groups is 2. The van der Waals surface area contributed by atoms with Crippen LogP contribution < -0.4 is 11.5 Å². The van der Waals surface area contributed by atoms with Crippen molar-refractivity contribution in [3.63, 3.8) is 0 Å². The first-order valence-corrected chi connectivity index (χ1v) is 11.4. The van der Waals surface area contributed by atoms with Gasteiger partial charge in [0.15, 0.2) is 0 Å². The predicted molar refractivity (Wildman–Crippen MR) is 123 cm³/mol. The van der Waals surface area contributed by atoms with Crippen molar-refractivity contribution >= 4 is 17.5 Å². The summed E-state index contributed by atoms with van der Waals surface area (Å²) in [5.41, 5.74) is 15.8. The fraction of sp³-hybridized carbons (Fsp3) is 0.440. The van der Waals surface area contributed by atoms with Crippen LogP contribution >= 0.6 is 0 Å².